The second-order valence-corrected chi connectivity index (χ2v) is 2.80. The topological polar surface area (TPSA) is 38.3 Å². The van der Waals surface area contributed by atoms with Gasteiger partial charge in [-0.05, 0) is 19.9 Å². The molecule has 0 amide bonds. The van der Waals surface area contributed by atoms with Gasteiger partial charge in [-0.25, -0.2) is 8.93 Å². The lowest BCUT2D eigenvalue weighted by atomic mass is 10.9. The first-order valence-electron chi connectivity index (χ1n) is 2.59. The van der Waals surface area contributed by atoms with Crippen molar-refractivity contribution in [1.29, 1.82) is 0 Å². The van der Waals surface area contributed by atoms with Crippen LogP contribution in [-0.4, -0.2) is 17.4 Å². The molecule has 0 heterocycles. The summed E-state index contributed by atoms with van der Waals surface area (Å²) < 4.78 is 17.8. The molecule has 1 aliphatic carbocycles. The first-order valence-corrected chi connectivity index (χ1v) is 3.66. The highest BCUT2D eigenvalue weighted by Gasteiger charge is 2.24. The summed E-state index contributed by atoms with van der Waals surface area (Å²) in [5.74, 6) is 0. The molecule has 8 heavy (non-hydrogen) atoms. The van der Waals surface area contributed by atoms with Crippen LogP contribution >= 0.6 is 0 Å². The molecule has 0 aromatic rings. The molecule has 0 saturated heterocycles. The predicted molar refractivity (Wildman–Crippen MR) is 31.3 cm³/mol. The van der Waals surface area contributed by atoms with E-state index >= 15 is 0 Å². The van der Waals surface area contributed by atoms with Crippen molar-refractivity contribution in [2.75, 3.05) is 7.05 Å². The highest BCUT2D eigenvalue weighted by Crippen LogP contribution is 2.23. The highest BCUT2D eigenvalue weighted by molar-refractivity contribution is 7.78. The Morgan fingerprint density at radius 1 is 1.75 bits per heavy atom. The predicted octanol–water partition coefficient (Wildman–Crippen LogP) is -0.0365. The van der Waals surface area contributed by atoms with E-state index in [0.717, 1.165) is 12.8 Å². The number of hydrogen-bond acceptors (Lipinski definition) is 2. The lowest BCUT2D eigenvalue weighted by Crippen LogP contribution is -2.14. The zero-order chi connectivity index (χ0) is 5.98. The van der Waals surface area contributed by atoms with E-state index in [-0.39, 0.29) is 6.10 Å². The maximum Gasteiger partial charge on any atom is 0.234 e. The summed E-state index contributed by atoms with van der Waals surface area (Å²) in [6, 6.07) is 0. The fourth-order valence-electron chi connectivity index (χ4n) is 0.336. The quantitative estimate of drug-likeness (QED) is 0.590. The summed E-state index contributed by atoms with van der Waals surface area (Å²) >= 11 is -1.24. The van der Waals surface area contributed by atoms with E-state index in [4.69, 9.17) is 4.18 Å². The van der Waals surface area contributed by atoms with E-state index in [1.54, 1.807) is 7.05 Å². The van der Waals surface area contributed by atoms with Crippen LogP contribution in [0.2, 0.25) is 0 Å². The molecule has 1 unspecified atom stereocenters. The van der Waals surface area contributed by atoms with Crippen LogP contribution in [-0.2, 0) is 15.4 Å². The van der Waals surface area contributed by atoms with Crippen molar-refractivity contribution in [1.82, 2.24) is 4.72 Å². The van der Waals surface area contributed by atoms with Gasteiger partial charge in [-0.3, -0.25) is 4.18 Å². The van der Waals surface area contributed by atoms with Gasteiger partial charge in [0.05, 0.1) is 6.10 Å². The summed E-state index contributed by atoms with van der Waals surface area (Å²) in [4.78, 5) is 0. The summed E-state index contributed by atoms with van der Waals surface area (Å²) in [5.41, 5.74) is 0. The van der Waals surface area contributed by atoms with Gasteiger partial charge in [0, 0.05) is 0 Å². The van der Waals surface area contributed by atoms with E-state index in [1.165, 1.54) is 0 Å². The molecule has 3 nitrogen and oxygen atoms in total. The SMILES string of the molecule is CNS(=O)OC1CC1. The molecule has 48 valence electrons. The Bertz CT molecular complexity index is 102. The highest BCUT2D eigenvalue weighted by atomic mass is 32.2. The molecule has 0 aliphatic heterocycles. The molecule has 0 aromatic heterocycles. The van der Waals surface area contributed by atoms with Crippen molar-refractivity contribution < 1.29 is 8.39 Å². The van der Waals surface area contributed by atoms with Gasteiger partial charge in [-0.2, -0.15) is 0 Å². The Hall–Kier alpha value is 0.0700. The molecule has 1 aliphatic rings. The van der Waals surface area contributed by atoms with Gasteiger partial charge in [-0.1, -0.05) is 0 Å². The number of rotatable bonds is 3. The average Bonchev–Trinajstić information content (AvgIpc) is 2.50. The first-order chi connectivity index (χ1) is 3.83. The molecule has 1 atom stereocenters. The van der Waals surface area contributed by atoms with Crippen LogP contribution in [0.15, 0.2) is 0 Å². The van der Waals surface area contributed by atoms with Crippen LogP contribution < -0.4 is 4.72 Å². The standard InChI is InChI=1S/C4H9NO2S/c1-5-8(6)7-4-2-3-4/h4-5H,2-3H2,1H3. The summed E-state index contributed by atoms with van der Waals surface area (Å²) in [6.07, 6.45) is 2.39. The third-order valence-corrected chi connectivity index (χ3v) is 1.69. The van der Waals surface area contributed by atoms with Gasteiger partial charge in [0.2, 0.25) is 11.3 Å². The minimum absolute atomic E-state index is 0.267. The third-order valence-electron chi connectivity index (χ3n) is 0.915. The number of hydrogen-bond donors (Lipinski definition) is 1. The normalized spacial score (nSPS) is 23.1. The maximum atomic E-state index is 10.4. The van der Waals surface area contributed by atoms with Crippen LogP contribution in [0.5, 0.6) is 0 Å². The van der Waals surface area contributed by atoms with Crippen molar-refractivity contribution in [2.24, 2.45) is 0 Å². The van der Waals surface area contributed by atoms with Gasteiger partial charge < -0.3 is 0 Å². The Balaban J connectivity index is 2.07. The molecule has 1 fully saturated rings. The van der Waals surface area contributed by atoms with Crippen molar-refractivity contribution in [3.05, 3.63) is 0 Å². The second-order valence-electron chi connectivity index (χ2n) is 1.73. The lowest BCUT2D eigenvalue weighted by Gasteiger charge is -1.95. The monoisotopic (exact) mass is 135 g/mol. The molecule has 4 heteroatoms. The van der Waals surface area contributed by atoms with E-state index in [1.807, 2.05) is 0 Å². The van der Waals surface area contributed by atoms with E-state index in [0.29, 0.717) is 0 Å². The smallest absolute Gasteiger partial charge is 0.234 e. The van der Waals surface area contributed by atoms with E-state index in [2.05, 4.69) is 4.72 Å². The fraction of sp³-hybridized carbons (Fsp3) is 1.00. The zero-order valence-corrected chi connectivity index (χ0v) is 5.53. The van der Waals surface area contributed by atoms with Crippen LogP contribution in [0.25, 0.3) is 0 Å². The van der Waals surface area contributed by atoms with Gasteiger partial charge in [-0.15, -0.1) is 0 Å². The largest absolute Gasteiger partial charge is 0.275 e. The molecule has 1 rings (SSSR count). The average molecular weight is 135 g/mol. The van der Waals surface area contributed by atoms with Crippen molar-refractivity contribution in [3.8, 4) is 0 Å². The first kappa shape index (κ1) is 6.19. The van der Waals surface area contributed by atoms with Crippen LogP contribution in [0.1, 0.15) is 12.8 Å². The molecule has 1 N–H and O–H groups in total. The van der Waals surface area contributed by atoms with Crippen molar-refractivity contribution in [2.45, 2.75) is 18.9 Å². The summed E-state index contributed by atoms with van der Waals surface area (Å²) in [6.45, 7) is 0. The molecular weight excluding hydrogens is 126 g/mol. The van der Waals surface area contributed by atoms with Crippen LogP contribution in [0.3, 0.4) is 0 Å². The minimum atomic E-state index is -1.24. The molecule has 1 saturated carbocycles. The second kappa shape index (κ2) is 2.57. The summed E-state index contributed by atoms with van der Waals surface area (Å²) in [5, 5.41) is 0. The Labute approximate surface area is 51.2 Å². The Morgan fingerprint density at radius 2 is 2.38 bits per heavy atom. The third kappa shape index (κ3) is 1.90. The lowest BCUT2D eigenvalue weighted by molar-refractivity contribution is 0.330. The van der Waals surface area contributed by atoms with E-state index < -0.39 is 11.3 Å². The van der Waals surface area contributed by atoms with Gasteiger partial charge in [0.25, 0.3) is 0 Å². The number of nitrogens with one attached hydrogen (secondary N) is 1. The van der Waals surface area contributed by atoms with Crippen molar-refractivity contribution >= 4 is 11.3 Å². The Kier molecular flexibility index (Phi) is 1.99. The minimum Gasteiger partial charge on any atom is -0.275 e. The maximum absolute atomic E-state index is 10.4. The molecule has 0 spiro atoms. The molecule has 0 bridgehead atoms. The fourth-order valence-corrected chi connectivity index (χ4v) is 0.872. The molecular formula is C4H9NO2S. The van der Waals surface area contributed by atoms with Gasteiger partial charge in [0.15, 0.2) is 0 Å². The summed E-state index contributed by atoms with van der Waals surface area (Å²) in [7, 11) is 1.61. The zero-order valence-electron chi connectivity index (χ0n) is 4.72. The van der Waals surface area contributed by atoms with Gasteiger partial charge in [0.1, 0.15) is 0 Å². The van der Waals surface area contributed by atoms with Crippen LogP contribution in [0.4, 0.5) is 0 Å². The van der Waals surface area contributed by atoms with Crippen molar-refractivity contribution in [3.63, 3.8) is 0 Å². The van der Waals surface area contributed by atoms with Gasteiger partial charge >= 0.3 is 0 Å². The van der Waals surface area contributed by atoms with E-state index in [9.17, 15) is 4.21 Å². The molecule has 0 radical (unpaired) electrons. The Morgan fingerprint density at radius 3 is 2.75 bits per heavy atom. The molecule has 0 aromatic carbocycles. The van der Waals surface area contributed by atoms with Crippen LogP contribution in [0, 0.1) is 0 Å².